The Balaban J connectivity index is 2.24. The van der Waals surface area contributed by atoms with E-state index < -0.39 is 5.97 Å². The van der Waals surface area contributed by atoms with Gasteiger partial charge in [0.05, 0.1) is 5.56 Å². The summed E-state index contributed by atoms with van der Waals surface area (Å²) in [6.45, 7) is 0. The van der Waals surface area contributed by atoms with Crippen molar-refractivity contribution in [3.63, 3.8) is 0 Å². The van der Waals surface area contributed by atoms with Crippen LogP contribution in [0.15, 0.2) is 63.8 Å². The normalized spacial score (nSPS) is 11.1. The second-order valence-electron chi connectivity index (χ2n) is 5.89. The van der Waals surface area contributed by atoms with Crippen molar-refractivity contribution >= 4 is 22.6 Å². The van der Waals surface area contributed by atoms with Crippen LogP contribution in [0.25, 0.3) is 33.4 Å². The quantitative estimate of drug-likeness (QED) is 0.377. The van der Waals surface area contributed by atoms with Gasteiger partial charge in [0.1, 0.15) is 17.1 Å². The van der Waals surface area contributed by atoms with Gasteiger partial charge in [-0.1, -0.05) is 12.1 Å². The van der Waals surface area contributed by atoms with Gasteiger partial charge in [-0.15, -0.1) is 0 Å². The highest BCUT2D eigenvalue weighted by atomic mass is 16.4. The summed E-state index contributed by atoms with van der Waals surface area (Å²) in [5, 5.41) is 20.0. The number of nitrogens with two attached hydrogens (primary N) is 1. The minimum absolute atomic E-state index is 0.00383. The van der Waals surface area contributed by atoms with Gasteiger partial charge in [-0.25, -0.2) is 4.79 Å². The van der Waals surface area contributed by atoms with E-state index in [9.17, 15) is 19.8 Å². The molecule has 2 aromatic rings. The zero-order chi connectivity index (χ0) is 18.4. The average Bonchev–Trinajstić information content (AvgIpc) is 2.58. The summed E-state index contributed by atoms with van der Waals surface area (Å²) in [6, 6.07) is 13.7. The maximum absolute atomic E-state index is 11.8. The van der Waals surface area contributed by atoms with E-state index >= 15 is 0 Å². The molecule has 26 heavy (non-hydrogen) atoms. The predicted octanol–water partition coefficient (Wildman–Crippen LogP) is 3.55. The third-order valence-electron chi connectivity index (χ3n) is 4.26. The first-order valence-electron chi connectivity index (χ1n) is 7.77. The van der Waals surface area contributed by atoms with Crippen LogP contribution >= 0.6 is 0 Å². The Morgan fingerprint density at radius 3 is 2.58 bits per heavy atom. The Morgan fingerprint density at radius 2 is 1.81 bits per heavy atom. The second kappa shape index (κ2) is 5.63. The van der Waals surface area contributed by atoms with Crippen LogP contribution in [0.5, 0.6) is 5.75 Å². The lowest BCUT2D eigenvalue weighted by Gasteiger charge is -2.17. The van der Waals surface area contributed by atoms with Gasteiger partial charge >= 0.3 is 5.97 Å². The van der Waals surface area contributed by atoms with Crippen molar-refractivity contribution in [2.24, 2.45) is 0 Å². The van der Waals surface area contributed by atoms with Crippen molar-refractivity contribution in [3.05, 3.63) is 70.4 Å². The maximum Gasteiger partial charge on any atom is 0.338 e. The number of carbonyl (C=O) groups is 1. The molecule has 1 aliphatic heterocycles. The molecule has 0 fully saturated rings. The summed E-state index contributed by atoms with van der Waals surface area (Å²) in [6.07, 6.45) is 0. The zero-order valence-corrected chi connectivity index (χ0v) is 13.4. The molecule has 0 saturated carbocycles. The number of fused-ring (bicyclic) bond motifs is 2. The minimum Gasteiger partial charge on any atom is -0.508 e. The number of hydrogen-bond donors (Lipinski definition) is 3. The Morgan fingerprint density at radius 1 is 1.00 bits per heavy atom. The molecule has 1 heterocycles. The third-order valence-corrected chi connectivity index (χ3v) is 4.26. The van der Waals surface area contributed by atoms with Crippen molar-refractivity contribution in [2.45, 2.75) is 0 Å². The number of anilines is 1. The van der Waals surface area contributed by atoms with Crippen LogP contribution in [0.4, 0.5) is 5.69 Å². The van der Waals surface area contributed by atoms with E-state index in [4.69, 9.17) is 10.2 Å². The Bertz CT molecular complexity index is 1210. The van der Waals surface area contributed by atoms with Gasteiger partial charge in [0, 0.05) is 34.3 Å². The van der Waals surface area contributed by atoms with Crippen molar-refractivity contribution in [1.29, 1.82) is 0 Å². The molecule has 0 unspecified atom stereocenters. The summed E-state index contributed by atoms with van der Waals surface area (Å²) in [5.74, 6) is -0.861. The minimum atomic E-state index is -1.15. The smallest absolute Gasteiger partial charge is 0.338 e. The summed E-state index contributed by atoms with van der Waals surface area (Å²) in [5.41, 5.74) is 7.67. The molecular formula is C20H13NO5. The molecule has 0 spiro atoms. The van der Waals surface area contributed by atoms with Crippen LogP contribution in [0, 0.1) is 0 Å². The van der Waals surface area contributed by atoms with E-state index in [1.165, 1.54) is 30.3 Å². The molecule has 1 aliphatic carbocycles. The monoisotopic (exact) mass is 347 g/mol. The van der Waals surface area contributed by atoms with E-state index in [2.05, 4.69) is 0 Å². The largest absolute Gasteiger partial charge is 0.508 e. The number of aromatic hydroxyl groups is 1. The van der Waals surface area contributed by atoms with Crippen molar-refractivity contribution in [1.82, 2.24) is 0 Å². The highest BCUT2D eigenvalue weighted by Gasteiger charge is 2.23. The van der Waals surface area contributed by atoms with Crippen LogP contribution in [-0.4, -0.2) is 16.2 Å². The summed E-state index contributed by atoms with van der Waals surface area (Å²) in [7, 11) is 0. The Kier molecular flexibility index (Phi) is 3.40. The molecule has 4 N–H and O–H groups in total. The van der Waals surface area contributed by atoms with Crippen molar-refractivity contribution < 1.29 is 19.4 Å². The molecule has 0 aromatic heterocycles. The molecule has 2 aromatic carbocycles. The number of phenols is 1. The molecule has 128 valence electrons. The number of benzene rings is 3. The lowest BCUT2D eigenvalue weighted by atomic mass is 9.90. The van der Waals surface area contributed by atoms with E-state index in [-0.39, 0.29) is 22.4 Å². The first-order valence-corrected chi connectivity index (χ1v) is 7.77. The van der Waals surface area contributed by atoms with Crippen LogP contribution in [0.1, 0.15) is 10.4 Å². The Labute approximate surface area is 147 Å². The predicted molar refractivity (Wildman–Crippen MR) is 97.6 cm³/mol. The molecule has 0 atom stereocenters. The van der Waals surface area contributed by atoms with Gasteiger partial charge in [-0.3, -0.25) is 4.79 Å². The lowest BCUT2D eigenvalue weighted by Crippen LogP contribution is -2.06. The van der Waals surface area contributed by atoms with Crippen LogP contribution < -0.4 is 11.2 Å². The SMILES string of the molecule is Nc1cccc(-c2c3ccc(=O)cc-3oc3cc(O)ccc23)c1C(=O)O. The number of carboxylic acids is 1. The number of aromatic carboxylic acids is 1. The fourth-order valence-electron chi connectivity index (χ4n) is 3.17. The number of rotatable bonds is 2. The fourth-order valence-corrected chi connectivity index (χ4v) is 3.17. The van der Waals surface area contributed by atoms with Gasteiger partial charge in [0.25, 0.3) is 0 Å². The number of nitrogen functional groups attached to an aromatic ring is 1. The molecular weight excluding hydrogens is 334 g/mol. The highest BCUT2D eigenvalue weighted by Crippen LogP contribution is 2.42. The number of phenolic OH excluding ortho intramolecular Hbond substituents is 1. The van der Waals surface area contributed by atoms with Crippen LogP contribution in [0.2, 0.25) is 0 Å². The van der Waals surface area contributed by atoms with E-state index in [1.807, 2.05) is 0 Å². The lowest BCUT2D eigenvalue weighted by molar-refractivity contribution is 0.0699. The standard InChI is InChI=1S/C20H13NO5/c21-15-3-1-2-14(19(15)20(24)25)18-12-6-4-10(22)8-16(12)26-17-9-11(23)5-7-13(17)18/h1-9,22H,21H2,(H,24,25). The topological polar surface area (TPSA) is 114 Å². The first-order chi connectivity index (χ1) is 12.5. The second-order valence-corrected chi connectivity index (χ2v) is 5.89. The molecule has 0 radical (unpaired) electrons. The summed E-state index contributed by atoms with van der Waals surface area (Å²) >= 11 is 0. The molecule has 2 aliphatic rings. The summed E-state index contributed by atoms with van der Waals surface area (Å²) < 4.78 is 5.76. The highest BCUT2D eigenvalue weighted by molar-refractivity contribution is 6.09. The van der Waals surface area contributed by atoms with Crippen molar-refractivity contribution in [3.8, 4) is 28.2 Å². The van der Waals surface area contributed by atoms with Crippen LogP contribution in [0.3, 0.4) is 0 Å². The van der Waals surface area contributed by atoms with Gasteiger partial charge in [-0.05, 0) is 35.9 Å². The molecule has 0 saturated heterocycles. The van der Waals surface area contributed by atoms with Gasteiger partial charge in [-0.2, -0.15) is 0 Å². The third kappa shape index (κ3) is 2.36. The number of hydrogen-bond acceptors (Lipinski definition) is 5. The summed E-state index contributed by atoms with van der Waals surface area (Å²) in [4.78, 5) is 23.5. The molecule has 0 amide bonds. The van der Waals surface area contributed by atoms with Crippen molar-refractivity contribution in [2.75, 3.05) is 5.73 Å². The molecule has 0 bridgehead atoms. The van der Waals surface area contributed by atoms with Gasteiger partial charge in [0.2, 0.25) is 0 Å². The van der Waals surface area contributed by atoms with Gasteiger partial charge < -0.3 is 20.4 Å². The van der Waals surface area contributed by atoms with Crippen LogP contribution in [-0.2, 0) is 0 Å². The van der Waals surface area contributed by atoms with Gasteiger partial charge in [0.15, 0.2) is 5.43 Å². The Hall–Kier alpha value is -3.80. The molecule has 4 rings (SSSR count). The number of carboxylic acid groups (broad SMARTS) is 1. The molecule has 6 heteroatoms. The van der Waals surface area contributed by atoms with E-state index in [0.29, 0.717) is 33.4 Å². The average molecular weight is 347 g/mol. The van der Waals surface area contributed by atoms with E-state index in [1.54, 1.807) is 24.3 Å². The van der Waals surface area contributed by atoms with E-state index in [0.717, 1.165) is 0 Å². The zero-order valence-electron chi connectivity index (χ0n) is 13.4. The molecule has 6 nitrogen and oxygen atoms in total. The first kappa shape index (κ1) is 15.7. The fraction of sp³-hybridized carbons (Fsp3) is 0. The maximum atomic E-state index is 11.8.